The van der Waals surface area contributed by atoms with Crippen LogP contribution in [0, 0.1) is 11.6 Å². The van der Waals surface area contributed by atoms with Crippen LogP contribution in [0.3, 0.4) is 0 Å². The van der Waals surface area contributed by atoms with E-state index in [1.807, 2.05) is 4.90 Å². The largest absolute Gasteiger partial charge is 0.391 e. The normalized spacial score (nSPS) is 20.4. The fraction of sp³-hybridized carbons (Fsp3) is 0.393. The van der Waals surface area contributed by atoms with Crippen molar-refractivity contribution < 1.29 is 23.2 Å². The Balaban J connectivity index is 1.17. The first-order valence-electron chi connectivity index (χ1n) is 13.3. The van der Waals surface area contributed by atoms with Gasteiger partial charge in [0, 0.05) is 30.5 Å². The minimum absolute atomic E-state index is 0.0304. The van der Waals surface area contributed by atoms with Crippen molar-refractivity contribution in [1.82, 2.24) is 20.1 Å². The molecule has 2 aromatic heterocycles. The highest BCUT2D eigenvalue weighted by Crippen LogP contribution is 2.41. The summed E-state index contributed by atoms with van der Waals surface area (Å²) in [5, 5.41) is 14.3. The molecule has 0 spiro atoms. The zero-order chi connectivity index (χ0) is 26.7. The maximum absolute atomic E-state index is 15.3. The van der Waals surface area contributed by atoms with Crippen molar-refractivity contribution in [3.63, 3.8) is 0 Å². The molecular formula is C28H26F2N6O3. The Kier molecular flexibility index (Phi) is 5.76. The number of rotatable bonds is 5. The molecule has 4 aromatic rings. The number of aliphatic hydroxyl groups excluding tert-OH is 1. The molecule has 4 heterocycles. The summed E-state index contributed by atoms with van der Waals surface area (Å²) >= 11 is 0. The summed E-state index contributed by atoms with van der Waals surface area (Å²) in [6.45, 7) is 1.34. The first kappa shape index (κ1) is 24.1. The van der Waals surface area contributed by atoms with E-state index in [1.165, 1.54) is 29.4 Å². The van der Waals surface area contributed by atoms with Gasteiger partial charge in [-0.1, -0.05) is 11.2 Å². The van der Waals surface area contributed by atoms with Gasteiger partial charge in [-0.05, 0) is 55.5 Å². The van der Waals surface area contributed by atoms with Crippen molar-refractivity contribution in [3.8, 4) is 11.1 Å². The van der Waals surface area contributed by atoms with E-state index in [9.17, 15) is 9.90 Å². The van der Waals surface area contributed by atoms with Crippen molar-refractivity contribution in [2.45, 2.75) is 50.0 Å². The van der Waals surface area contributed by atoms with E-state index in [-0.39, 0.29) is 35.9 Å². The molecule has 1 N–H and O–H groups in total. The molecule has 1 amide bonds. The van der Waals surface area contributed by atoms with Gasteiger partial charge in [0.15, 0.2) is 5.82 Å². The molecule has 0 radical (unpaired) electrons. The molecule has 1 unspecified atom stereocenters. The van der Waals surface area contributed by atoms with Crippen LogP contribution in [0.4, 0.5) is 20.3 Å². The number of benzene rings is 2. The maximum Gasteiger partial charge on any atom is 0.229 e. The number of aromatic nitrogens is 4. The Morgan fingerprint density at radius 2 is 1.79 bits per heavy atom. The van der Waals surface area contributed by atoms with Gasteiger partial charge in [-0.25, -0.2) is 18.7 Å². The molecule has 200 valence electrons. The molecule has 3 aliphatic rings. The van der Waals surface area contributed by atoms with Gasteiger partial charge >= 0.3 is 0 Å². The predicted octanol–water partition coefficient (Wildman–Crippen LogP) is 4.32. The molecule has 1 atom stereocenters. The molecule has 2 aliphatic heterocycles. The van der Waals surface area contributed by atoms with E-state index in [1.54, 1.807) is 12.1 Å². The topological polar surface area (TPSA) is 108 Å². The van der Waals surface area contributed by atoms with Gasteiger partial charge in [-0.2, -0.15) is 4.98 Å². The van der Waals surface area contributed by atoms with E-state index >= 15 is 8.78 Å². The second-order valence-electron chi connectivity index (χ2n) is 10.6. The minimum atomic E-state index is -0.815. The lowest BCUT2D eigenvalue weighted by molar-refractivity contribution is -0.117. The van der Waals surface area contributed by atoms with Gasteiger partial charge in [-0.15, -0.1) is 0 Å². The lowest BCUT2D eigenvalue weighted by atomic mass is 9.95. The smallest absolute Gasteiger partial charge is 0.229 e. The first-order chi connectivity index (χ1) is 19.0. The zero-order valence-corrected chi connectivity index (χ0v) is 21.1. The van der Waals surface area contributed by atoms with Crippen LogP contribution in [0.15, 0.2) is 41.2 Å². The number of anilines is 2. The highest BCUT2D eigenvalue weighted by Gasteiger charge is 2.33. The first-order valence-corrected chi connectivity index (χ1v) is 13.3. The fourth-order valence-corrected chi connectivity index (χ4v) is 5.67. The fourth-order valence-electron chi connectivity index (χ4n) is 5.67. The number of piperidine rings is 1. The van der Waals surface area contributed by atoms with Crippen molar-refractivity contribution >= 4 is 28.3 Å². The summed E-state index contributed by atoms with van der Waals surface area (Å²) in [6, 6.07) is 7.43. The van der Waals surface area contributed by atoms with Crippen LogP contribution in [0.5, 0.6) is 0 Å². The summed E-state index contributed by atoms with van der Waals surface area (Å²) in [5.41, 5.74) is 1.55. The Labute approximate surface area is 222 Å². The summed E-state index contributed by atoms with van der Waals surface area (Å²) in [6.07, 6.45) is 4.34. The lowest BCUT2D eigenvalue weighted by Gasteiger charge is -2.32. The van der Waals surface area contributed by atoms with Gasteiger partial charge in [-0.3, -0.25) is 4.79 Å². The van der Waals surface area contributed by atoms with Gasteiger partial charge in [0.05, 0.1) is 35.7 Å². The molecule has 1 saturated carbocycles. The quantitative estimate of drug-likeness (QED) is 0.405. The Bertz CT molecular complexity index is 1580. The monoisotopic (exact) mass is 532 g/mol. The molecule has 7 rings (SSSR count). The van der Waals surface area contributed by atoms with E-state index in [2.05, 4.69) is 20.1 Å². The Hall–Kier alpha value is -3.99. The lowest BCUT2D eigenvalue weighted by Crippen LogP contribution is -2.34. The molecule has 2 saturated heterocycles. The number of carbonyl (C=O) groups is 1. The number of β-amino-alcohol motifs (C(OH)–C–C–N with tert-alkyl or cyclic N) is 1. The van der Waals surface area contributed by atoms with Crippen LogP contribution < -0.4 is 9.80 Å². The number of carbonyl (C=O) groups excluding carboxylic acids is 1. The van der Waals surface area contributed by atoms with Crippen molar-refractivity contribution in [1.29, 1.82) is 0 Å². The van der Waals surface area contributed by atoms with Crippen LogP contribution in [0.2, 0.25) is 0 Å². The van der Waals surface area contributed by atoms with Gasteiger partial charge in [0.25, 0.3) is 0 Å². The SMILES string of the molecule is O=C1CC(O)CN1c1ccc(-c2ccc(F)c3c(N4CCC(c5noc(C6CC6)n5)CC4)ncnc23)cc1F. The highest BCUT2D eigenvalue weighted by molar-refractivity contribution is 6.00. The predicted molar refractivity (Wildman–Crippen MR) is 138 cm³/mol. The zero-order valence-electron chi connectivity index (χ0n) is 21.1. The van der Waals surface area contributed by atoms with Crippen molar-refractivity contribution in [2.24, 2.45) is 0 Å². The Morgan fingerprint density at radius 1 is 0.974 bits per heavy atom. The standard InChI is InChI=1S/C28H26F2N6O3/c29-20-5-4-19(17-3-6-22(21(30)11-17)36-13-18(37)12-23(36)38)25-24(20)27(32-14-31-25)35-9-7-15(8-10-35)26-33-28(39-34-26)16-1-2-16/h3-6,11,14-16,18,37H,1-2,7-10,12-13H2. The molecule has 0 bridgehead atoms. The number of aliphatic hydroxyl groups is 1. The van der Waals surface area contributed by atoms with Crippen LogP contribution >= 0.6 is 0 Å². The molecule has 1 aliphatic carbocycles. The van der Waals surface area contributed by atoms with Crippen LogP contribution in [0.25, 0.3) is 22.0 Å². The van der Waals surface area contributed by atoms with Gasteiger partial charge < -0.3 is 19.4 Å². The average Bonchev–Trinajstić information content (AvgIpc) is 3.57. The van der Waals surface area contributed by atoms with Crippen LogP contribution in [0.1, 0.15) is 55.7 Å². The molecule has 3 fully saturated rings. The summed E-state index contributed by atoms with van der Waals surface area (Å²) in [5.74, 6) is 1.18. The number of hydrogen-bond donors (Lipinski definition) is 1. The number of hydrogen-bond acceptors (Lipinski definition) is 8. The summed E-state index contributed by atoms with van der Waals surface area (Å²) in [4.78, 5) is 28.9. The molecule has 9 nitrogen and oxygen atoms in total. The molecule has 39 heavy (non-hydrogen) atoms. The third kappa shape index (κ3) is 4.30. The number of fused-ring (bicyclic) bond motifs is 1. The molecule has 2 aromatic carbocycles. The minimum Gasteiger partial charge on any atom is -0.391 e. The van der Waals surface area contributed by atoms with Crippen LogP contribution in [-0.4, -0.2) is 56.9 Å². The van der Waals surface area contributed by atoms with E-state index < -0.39 is 17.7 Å². The molecular weight excluding hydrogens is 506 g/mol. The van der Waals surface area contributed by atoms with E-state index in [0.29, 0.717) is 41.5 Å². The van der Waals surface area contributed by atoms with Gasteiger partial charge in [0.2, 0.25) is 11.8 Å². The summed E-state index contributed by atoms with van der Waals surface area (Å²) in [7, 11) is 0. The number of halogens is 2. The number of nitrogens with zero attached hydrogens (tertiary/aromatic N) is 6. The second kappa shape index (κ2) is 9.33. The van der Waals surface area contributed by atoms with E-state index in [4.69, 9.17) is 4.52 Å². The molecule has 11 heteroatoms. The summed E-state index contributed by atoms with van der Waals surface area (Å²) < 4.78 is 35.9. The third-order valence-electron chi connectivity index (χ3n) is 7.92. The van der Waals surface area contributed by atoms with Crippen molar-refractivity contribution in [2.75, 3.05) is 29.4 Å². The van der Waals surface area contributed by atoms with Crippen LogP contribution in [-0.2, 0) is 4.79 Å². The number of amides is 1. The Morgan fingerprint density at radius 3 is 2.51 bits per heavy atom. The van der Waals surface area contributed by atoms with E-state index in [0.717, 1.165) is 37.4 Å². The second-order valence-corrected chi connectivity index (χ2v) is 10.6. The third-order valence-corrected chi connectivity index (χ3v) is 7.92. The average molecular weight is 533 g/mol. The maximum atomic E-state index is 15.3. The highest BCUT2D eigenvalue weighted by atomic mass is 19.1. The van der Waals surface area contributed by atoms with Gasteiger partial charge in [0.1, 0.15) is 23.8 Å². The van der Waals surface area contributed by atoms with Crippen molar-refractivity contribution in [3.05, 3.63) is 60.0 Å².